The lowest BCUT2D eigenvalue weighted by molar-refractivity contribution is -0.145. The van der Waals surface area contributed by atoms with Crippen molar-refractivity contribution in [2.45, 2.75) is 100 Å². The van der Waals surface area contributed by atoms with Crippen molar-refractivity contribution in [3.63, 3.8) is 0 Å². The normalized spacial score (nSPS) is 28.8. The van der Waals surface area contributed by atoms with E-state index in [-0.39, 0.29) is 31.4 Å². The number of carboxylic acid groups (broad SMARTS) is 1. The highest BCUT2D eigenvalue weighted by molar-refractivity contribution is 5.96. The molecule has 0 spiro atoms. The van der Waals surface area contributed by atoms with Crippen molar-refractivity contribution in [2.24, 2.45) is 11.1 Å². The predicted molar refractivity (Wildman–Crippen MR) is 179 cm³/mol. The molecule has 254 valence electrons. The monoisotopic (exact) mass is 656 g/mol. The lowest BCUT2D eigenvalue weighted by atomic mass is 10.0. The summed E-state index contributed by atoms with van der Waals surface area (Å²) in [5.41, 5.74) is 1.43. The first-order valence-electron chi connectivity index (χ1n) is 17.2. The van der Waals surface area contributed by atoms with Crippen LogP contribution >= 0.6 is 0 Å². The minimum Gasteiger partial charge on any atom is -0.479 e. The number of carbonyl (C=O) groups is 4. The molecule has 3 N–H and O–H groups in total. The van der Waals surface area contributed by atoms with Crippen LogP contribution < -0.4 is 10.6 Å². The van der Waals surface area contributed by atoms with Gasteiger partial charge in [-0.3, -0.25) is 9.59 Å². The molecule has 4 aliphatic rings. The number of alkyl carbamates (subject to hydrolysis) is 1. The smallest absolute Gasteiger partial charge is 0.408 e. The maximum Gasteiger partial charge on any atom is 0.408 e. The van der Waals surface area contributed by atoms with Gasteiger partial charge >= 0.3 is 12.1 Å². The molecule has 2 saturated carbocycles. The van der Waals surface area contributed by atoms with E-state index in [0.717, 1.165) is 61.6 Å². The summed E-state index contributed by atoms with van der Waals surface area (Å²) in [6.07, 6.45) is 11.6. The Balaban J connectivity index is 1.22. The zero-order valence-electron chi connectivity index (χ0n) is 27.1. The van der Waals surface area contributed by atoms with Gasteiger partial charge in [0, 0.05) is 17.9 Å². The Labute approximate surface area is 280 Å². The van der Waals surface area contributed by atoms with Crippen LogP contribution in [0.25, 0.3) is 11.1 Å². The summed E-state index contributed by atoms with van der Waals surface area (Å²) in [6, 6.07) is 15.8. The van der Waals surface area contributed by atoms with E-state index in [0.29, 0.717) is 12.8 Å². The van der Waals surface area contributed by atoms with E-state index in [9.17, 15) is 24.3 Å². The number of allylic oxidation sites excluding steroid dienone is 1. The molecule has 2 heterocycles. The Morgan fingerprint density at radius 1 is 0.958 bits per heavy atom. The van der Waals surface area contributed by atoms with Crippen LogP contribution in [0, 0.1) is 5.92 Å². The summed E-state index contributed by atoms with van der Waals surface area (Å²) in [5.74, 6) is -2.41. The van der Waals surface area contributed by atoms with Gasteiger partial charge in [-0.15, -0.1) is 0 Å². The molecule has 3 amide bonds. The van der Waals surface area contributed by atoms with Crippen molar-refractivity contribution < 1.29 is 33.9 Å². The van der Waals surface area contributed by atoms with Gasteiger partial charge < -0.3 is 30.2 Å². The Hall–Kier alpha value is -4.67. The highest BCUT2D eigenvalue weighted by Gasteiger charge is 2.61. The van der Waals surface area contributed by atoms with Crippen molar-refractivity contribution in [1.29, 1.82) is 0 Å². The SMILES string of the molecule is O=C(N[C@H]1CCCCC/C=C\[C@@H]2C[C@]2(C(=O)O)NC(=O)[C@@H]2C[C@@H](O/N=C/c3ccccc3-c3ccccc3)CN2C1=O)OC1CCCC1. The number of hydrogen-bond donors (Lipinski definition) is 3. The molecule has 11 nitrogen and oxygen atoms in total. The second kappa shape index (κ2) is 15.0. The van der Waals surface area contributed by atoms with Crippen LogP contribution in [0.5, 0.6) is 0 Å². The van der Waals surface area contributed by atoms with E-state index in [2.05, 4.69) is 15.8 Å². The van der Waals surface area contributed by atoms with Gasteiger partial charge in [-0.1, -0.05) is 84.7 Å². The van der Waals surface area contributed by atoms with Crippen molar-refractivity contribution in [3.05, 3.63) is 72.3 Å². The topological polar surface area (TPSA) is 147 Å². The van der Waals surface area contributed by atoms with Crippen LogP contribution in [0.4, 0.5) is 4.79 Å². The summed E-state index contributed by atoms with van der Waals surface area (Å²) in [6.45, 7) is 0.0495. The molecule has 0 unspecified atom stereocenters. The number of carboxylic acids is 1. The molecular formula is C37H44N4O7. The average Bonchev–Trinajstić information content (AvgIpc) is 3.37. The molecule has 2 aliphatic heterocycles. The van der Waals surface area contributed by atoms with Crippen LogP contribution in [0.15, 0.2) is 71.9 Å². The average molecular weight is 657 g/mol. The molecule has 48 heavy (non-hydrogen) atoms. The summed E-state index contributed by atoms with van der Waals surface area (Å²) >= 11 is 0. The number of aliphatic carboxylic acids is 1. The van der Waals surface area contributed by atoms with Crippen molar-refractivity contribution in [3.8, 4) is 11.1 Å². The third-order valence-corrected chi connectivity index (χ3v) is 9.94. The molecule has 0 aromatic heterocycles. The van der Waals surface area contributed by atoms with Gasteiger partial charge in [-0.25, -0.2) is 9.59 Å². The Morgan fingerprint density at radius 2 is 1.71 bits per heavy atom. The summed E-state index contributed by atoms with van der Waals surface area (Å²) < 4.78 is 5.62. The van der Waals surface area contributed by atoms with Gasteiger partial charge in [0.05, 0.1) is 12.8 Å². The van der Waals surface area contributed by atoms with E-state index >= 15 is 0 Å². The molecule has 3 fully saturated rings. The van der Waals surface area contributed by atoms with E-state index in [1.54, 1.807) is 6.21 Å². The first kappa shape index (κ1) is 33.2. The quantitative estimate of drug-likeness (QED) is 0.211. The minimum atomic E-state index is -1.41. The molecule has 0 bridgehead atoms. The maximum absolute atomic E-state index is 14.2. The molecular weight excluding hydrogens is 612 g/mol. The first-order valence-corrected chi connectivity index (χ1v) is 17.2. The number of nitrogens with zero attached hydrogens (tertiary/aromatic N) is 2. The van der Waals surface area contributed by atoms with Crippen molar-refractivity contribution in [1.82, 2.24) is 15.5 Å². The zero-order valence-corrected chi connectivity index (χ0v) is 27.1. The molecule has 1 saturated heterocycles. The van der Waals surface area contributed by atoms with Gasteiger partial charge in [0.15, 0.2) is 0 Å². The fourth-order valence-corrected chi connectivity index (χ4v) is 7.14. The molecule has 11 heteroatoms. The largest absolute Gasteiger partial charge is 0.479 e. The third kappa shape index (κ3) is 7.72. The van der Waals surface area contributed by atoms with Crippen molar-refractivity contribution in [2.75, 3.05) is 6.54 Å². The second-order valence-corrected chi connectivity index (χ2v) is 13.3. The standard InChI is InChI=1S/C37H44N4O7/c42-33-32-21-29(48-38-23-26-15-9-12-19-30(26)25-13-5-4-6-14-25)24-41(32)34(43)31(39-36(46)47-28-17-10-11-18-28)20-8-3-1-2-7-16-27-22-37(27,40-33)35(44)45/h4-7,9,12-16,19,23,27-29,31-32H,1-3,8,10-11,17-18,20-22,24H2,(H,39,46)(H,40,42)(H,44,45)/b16-7-,38-23+/t27-,29-,31+,32+,37+/m1/s1. The lowest BCUT2D eigenvalue weighted by Gasteiger charge is -2.29. The number of fused-ring (bicyclic) bond motifs is 2. The van der Waals surface area contributed by atoms with Gasteiger partial charge in [0.25, 0.3) is 0 Å². The third-order valence-electron chi connectivity index (χ3n) is 9.94. The number of carbonyl (C=O) groups excluding carboxylic acids is 3. The molecule has 2 aliphatic carbocycles. The van der Waals surface area contributed by atoms with Crippen LogP contribution in [0.3, 0.4) is 0 Å². The zero-order chi connectivity index (χ0) is 33.5. The Bertz CT molecular complexity index is 1540. The number of ether oxygens (including phenoxy) is 1. The number of amides is 3. The molecule has 2 aromatic carbocycles. The summed E-state index contributed by atoms with van der Waals surface area (Å²) in [7, 11) is 0. The minimum absolute atomic E-state index is 0.0495. The number of oxime groups is 1. The van der Waals surface area contributed by atoms with Crippen LogP contribution in [0.2, 0.25) is 0 Å². The van der Waals surface area contributed by atoms with Crippen molar-refractivity contribution >= 4 is 30.1 Å². The van der Waals surface area contributed by atoms with Crippen LogP contribution in [0.1, 0.15) is 76.2 Å². The highest BCUT2D eigenvalue weighted by atomic mass is 16.6. The Morgan fingerprint density at radius 3 is 2.50 bits per heavy atom. The van der Waals surface area contributed by atoms with E-state index < -0.39 is 47.6 Å². The van der Waals surface area contributed by atoms with Gasteiger partial charge in [-0.05, 0) is 62.5 Å². The molecule has 0 radical (unpaired) electrons. The number of benzene rings is 2. The van der Waals surface area contributed by atoms with Crippen LogP contribution in [-0.4, -0.2) is 76.5 Å². The van der Waals surface area contributed by atoms with Gasteiger partial charge in [-0.2, -0.15) is 0 Å². The fraction of sp³-hybridized carbons (Fsp3) is 0.486. The van der Waals surface area contributed by atoms with E-state index in [1.807, 2.05) is 66.7 Å². The van der Waals surface area contributed by atoms with E-state index in [1.165, 1.54) is 4.90 Å². The number of nitrogens with one attached hydrogen (secondary N) is 2. The lowest BCUT2D eigenvalue weighted by Crippen LogP contribution is -2.56. The predicted octanol–water partition coefficient (Wildman–Crippen LogP) is 5.19. The van der Waals surface area contributed by atoms with Gasteiger partial charge in [0.1, 0.15) is 29.8 Å². The summed E-state index contributed by atoms with van der Waals surface area (Å²) in [5, 5.41) is 19.9. The first-order chi connectivity index (χ1) is 23.3. The second-order valence-electron chi connectivity index (χ2n) is 13.3. The molecule has 6 rings (SSSR count). The number of rotatable bonds is 7. The molecule has 5 atom stereocenters. The van der Waals surface area contributed by atoms with Gasteiger partial charge in [0.2, 0.25) is 11.8 Å². The Kier molecular flexibility index (Phi) is 10.4. The fourth-order valence-electron chi connectivity index (χ4n) is 7.14. The number of hydrogen-bond acceptors (Lipinski definition) is 7. The molecule has 2 aromatic rings. The summed E-state index contributed by atoms with van der Waals surface area (Å²) in [4.78, 5) is 60.6. The highest BCUT2D eigenvalue weighted by Crippen LogP contribution is 2.45. The van der Waals surface area contributed by atoms with Crippen LogP contribution in [-0.2, 0) is 24.0 Å². The van der Waals surface area contributed by atoms with E-state index in [4.69, 9.17) is 9.57 Å². The maximum atomic E-state index is 14.2.